The van der Waals surface area contributed by atoms with Crippen molar-refractivity contribution in [2.45, 2.75) is 25.3 Å². The second-order valence-electron chi connectivity index (χ2n) is 7.19. The highest BCUT2D eigenvalue weighted by atomic mass is 35.5. The minimum Gasteiger partial charge on any atom is -0.299 e. The van der Waals surface area contributed by atoms with Crippen LogP contribution >= 0.6 is 11.6 Å². The van der Waals surface area contributed by atoms with Crippen molar-refractivity contribution in [3.05, 3.63) is 81.2 Å². The van der Waals surface area contributed by atoms with Gasteiger partial charge in [-0.05, 0) is 50.2 Å². The second-order valence-corrected chi connectivity index (χ2v) is 7.59. The van der Waals surface area contributed by atoms with Gasteiger partial charge in [-0.15, -0.1) is 0 Å². The molecule has 0 aliphatic carbocycles. The molecule has 1 aliphatic rings. The molecule has 0 radical (unpaired) electrons. The Kier molecular flexibility index (Phi) is 5.33. The number of nitrogens with zero attached hydrogens (tertiary/aromatic N) is 4. The molecule has 1 fully saturated rings. The molecule has 1 saturated heterocycles. The van der Waals surface area contributed by atoms with E-state index in [9.17, 15) is 9.18 Å². The molecule has 0 saturated carbocycles. The Morgan fingerprint density at radius 2 is 1.82 bits per heavy atom. The van der Waals surface area contributed by atoms with Crippen molar-refractivity contribution in [3.8, 4) is 5.69 Å². The molecule has 0 N–H and O–H groups in total. The predicted octanol–water partition coefficient (Wildman–Crippen LogP) is 3.74. The average molecular weight is 401 g/mol. The Bertz CT molecular complexity index is 1000. The minimum absolute atomic E-state index is 0.137. The van der Waals surface area contributed by atoms with Gasteiger partial charge in [0.05, 0.1) is 5.69 Å². The second kappa shape index (κ2) is 7.89. The van der Waals surface area contributed by atoms with Gasteiger partial charge in [-0.2, -0.15) is 5.10 Å². The molecule has 3 aromatic rings. The van der Waals surface area contributed by atoms with E-state index in [-0.39, 0.29) is 17.4 Å². The number of benzene rings is 2. The molecule has 146 valence electrons. The van der Waals surface area contributed by atoms with Crippen molar-refractivity contribution in [2.24, 2.45) is 7.05 Å². The van der Waals surface area contributed by atoms with E-state index in [4.69, 9.17) is 11.6 Å². The first-order valence-electron chi connectivity index (χ1n) is 9.41. The van der Waals surface area contributed by atoms with Gasteiger partial charge in [0, 0.05) is 30.1 Å². The standard InChI is InChI=1S/C21H22ClFN4O/c1-25-21(28)27(16-6-3-2-4-7-16)20(24-25)15-10-12-26(13-11-15)14-17-18(22)8-5-9-19(17)23/h2-9,15H,10-14H2,1H3. The topological polar surface area (TPSA) is 43.1 Å². The summed E-state index contributed by atoms with van der Waals surface area (Å²) in [6.45, 7) is 2.09. The summed E-state index contributed by atoms with van der Waals surface area (Å²) in [6, 6.07) is 14.4. The average Bonchev–Trinajstić information content (AvgIpc) is 3.01. The van der Waals surface area contributed by atoms with E-state index in [0.717, 1.165) is 37.4 Å². The number of halogens is 2. The first-order chi connectivity index (χ1) is 13.5. The maximum atomic E-state index is 14.1. The maximum Gasteiger partial charge on any atom is 0.350 e. The predicted molar refractivity (Wildman–Crippen MR) is 107 cm³/mol. The molecule has 1 aliphatic heterocycles. The van der Waals surface area contributed by atoms with Crippen molar-refractivity contribution < 1.29 is 4.39 Å². The zero-order chi connectivity index (χ0) is 19.7. The van der Waals surface area contributed by atoms with E-state index >= 15 is 0 Å². The van der Waals surface area contributed by atoms with E-state index in [1.807, 2.05) is 30.3 Å². The van der Waals surface area contributed by atoms with Gasteiger partial charge in [0.1, 0.15) is 11.6 Å². The van der Waals surface area contributed by atoms with E-state index in [1.54, 1.807) is 23.7 Å². The Hall–Kier alpha value is -2.44. The first kappa shape index (κ1) is 18.9. The first-order valence-corrected chi connectivity index (χ1v) is 9.79. The third-order valence-electron chi connectivity index (χ3n) is 5.36. The van der Waals surface area contributed by atoms with Crippen molar-refractivity contribution in [1.82, 2.24) is 19.2 Å². The summed E-state index contributed by atoms with van der Waals surface area (Å²) >= 11 is 6.16. The number of piperidine rings is 1. The highest BCUT2D eigenvalue weighted by molar-refractivity contribution is 6.31. The molecule has 28 heavy (non-hydrogen) atoms. The van der Waals surface area contributed by atoms with Gasteiger partial charge in [0.25, 0.3) is 0 Å². The minimum atomic E-state index is -0.266. The van der Waals surface area contributed by atoms with E-state index in [0.29, 0.717) is 17.1 Å². The summed E-state index contributed by atoms with van der Waals surface area (Å²) in [7, 11) is 1.68. The number of aryl methyl sites for hydroxylation is 1. The highest BCUT2D eigenvalue weighted by Gasteiger charge is 2.27. The highest BCUT2D eigenvalue weighted by Crippen LogP contribution is 2.29. The largest absolute Gasteiger partial charge is 0.350 e. The SMILES string of the molecule is Cn1nc(C2CCN(Cc3c(F)cccc3Cl)CC2)n(-c2ccccc2)c1=O. The third kappa shape index (κ3) is 3.62. The molecule has 0 amide bonds. The fourth-order valence-electron chi connectivity index (χ4n) is 3.82. The smallest absolute Gasteiger partial charge is 0.299 e. The Morgan fingerprint density at radius 1 is 1.11 bits per heavy atom. The van der Waals surface area contributed by atoms with Crippen LogP contribution < -0.4 is 5.69 Å². The Balaban J connectivity index is 1.52. The fourth-order valence-corrected chi connectivity index (χ4v) is 4.05. The summed E-state index contributed by atoms with van der Waals surface area (Å²) < 4.78 is 17.2. The summed E-state index contributed by atoms with van der Waals surface area (Å²) in [4.78, 5) is 14.8. The van der Waals surface area contributed by atoms with Crippen LogP contribution in [0.25, 0.3) is 5.69 Å². The third-order valence-corrected chi connectivity index (χ3v) is 5.71. The Morgan fingerprint density at radius 3 is 2.50 bits per heavy atom. The van der Waals surface area contributed by atoms with E-state index < -0.39 is 0 Å². The van der Waals surface area contributed by atoms with E-state index in [2.05, 4.69) is 10.00 Å². The molecule has 2 heterocycles. The molecule has 7 heteroatoms. The van der Waals surface area contributed by atoms with Gasteiger partial charge < -0.3 is 0 Å². The fraction of sp³-hybridized carbons (Fsp3) is 0.333. The molecule has 4 rings (SSSR count). The summed E-state index contributed by atoms with van der Waals surface area (Å²) in [5.41, 5.74) is 1.24. The lowest BCUT2D eigenvalue weighted by molar-refractivity contribution is 0.198. The van der Waals surface area contributed by atoms with Crippen molar-refractivity contribution in [2.75, 3.05) is 13.1 Å². The van der Waals surface area contributed by atoms with Crippen LogP contribution in [0.1, 0.15) is 30.1 Å². The quantitative estimate of drug-likeness (QED) is 0.670. The van der Waals surface area contributed by atoms with Crippen molar-refractivity contribution >= 4 is 11.6 Å². The van der Waals surface area contributed by atoms with Crippen molar-refractivity contribution in [1.29, 1.82) is 0 Å². The number of rotatable bonds is 4. The molecule has 0 atom stereocenters. The van der Waals surface area contributed by atoms with Crippen LogP contribution in [0.15, 0.2) is 53.3 Å². The zero-order valence-corrected chi connectivity index (χ0v) is 16.4. The normalized spacial score (nSPS) is 15.8. The lowest BCUT2D eigenvalue weighted by Crippen LogP contribution is -2.34. The van der Waals surface area contributed by atoms with Crippen LogP contribution in [-0.2, 0) is 13.6 Å². The van der Waals surface area contributed by atoms with Gasteiger partial charge in [-0.25, -0.2) is 18.4 Å². The molecular formula is C21H22ClFN4O. The lowest BCUT2D eigenvalue weighted by Gasteiger charge is -2.31. The monoisotopic (exact) mass is 400 g/mol. The zero-order valence-electron chi connectivity index (χ0n) is 15.7. The maximum absolute atomic E-state index is 14.1. The molecule has 0 spiro atoms. The molecule has 0 unspecified atom stereocenters. The van der Waals surface area contributed by atoms with Gasteiger partial charge in [-0.1, -0.05) is 35.9 Å². The Labute approximate surface area is 168 Å². The van der Waals surface area contributed by atoms with Gasteiger partial charge in [-0.3, -0.25) is 4.90 Å². The molecule has 5 nitrogen and oxygen atoms in total. The van der Waals surface area contributed by atoms with Crippen LogP contribution in [0.3, 0.4) is 0 Å². The number of para-hydroxylation sites is 1. The van der Waals surface area contributed by atoms with Crippen LogP contribution in [0.4, 0.5) is 4.39 Å². The van der Waals surface area contributed by atoms with Crippen molar-refractivity contribution in [3.63, 3.8) is 0 Å². The lowest BCUT2D eigenvalue weighted by atomic mass is 9.95. The number of aromatic nitrogens is 3. The van der Waals surface area contributed by atoms with Crippen LogP contribution in [0.2, 0.25) is 5.02 Å². The van der Waals surface area contributed by atoms with E-state index in [1.165, 1.54) is 10.7 Å². The molecule has 0 bridgehead atoms. The summed E-state index contributed by atoms with van der Waals surface area (Å²) in [6.07, 6.45) is 1.71. The number of hydrogen-bond acceptors (Lipinski definition) is 3. The van der Waals surface area contributed by atoms with Gasteiger partial charge in [0.15, 0.2) is 0 Å². The van der Waals surface area contributed by atoms with Crippen LogP contribution in [-0.4, -0.2) is 32.3 Å². The van der Waals surface area contributed by atoms with Gasteiger partial charge >= 0.3 is 5.69 Å². The number of hydrogen-bond donors (Lipinski definition) is 0. The summed E-state index contributed by atoms with van der Waals surface area (Å²) in [5.74, 6) is 0.709. The molecule has 2 aromatic carbocycles. The molecular weight excluding hydrogens is 379 g/mol. The van der Waals surface area contributed by atoms with Gasteiger partial charge in [0.2, 0.25) is 0 Å². The molecule has 1 aromatic heterocycles. The summed E-state index contributed by atoms with van der Waals surface area (Å²) in [5, 5.41) is 4.98. The number of likely N-dealkylation sites (tertiary alicyclic amines) is 1. The van der Waals surface area contributed by atoms with Crippen LogP contribution in [0.5, 0.6) is 0 Å². The van der Waals surface area contributed by atoms with Crippen LogP contribution in [0, 0.1) is 5.82 Å².